The third kappa shape index (κ3) is 3.27. The third-order valence-corrected chi connectivity index (χ3v) is 2.39. The number of rotatable bonds is 2. The van der Waals surface area contributed by atoms with E-state index >= 15 is 0 Å². The summed E-state index contributed by atoms with van der Waals surface area (Å²) in [6.45, 7) is 0.390. The molecule has 0 aromatic heterocycles. The van der Waals surface area contributed by atoms with Crippen LogP contribution in [0.4, 0.5) is 8.78 Å². The second kappa shape index (κ2) is 5.13. The Morgan fingerprint density at radius 3 is 2.77 bits per heavy atom. The smallest absolute Gasteiger partial charge is 0.251 e. The van der Waals surface area contributed by atoms with Gasteiger partial charge in [0.15, 0.2) is 0 Å². The molecule has 0 amide bonds. The molecule has 0 bridgehead atoms. The molecule has 1 fully saturated rings. The highest BCUT2D eigenvalue weighted by atomic mass is 19.3. The Kier molecular flexibility index (Phi) is 4.10. The Morgan fingerprint density at radius 1 is 1.38 bits per heavy atom. The summed E-state index contributed by atoms with van der Waals surface area (Å²) in [6, 6.07) is 1.80. The number of likely N-dealkylation sites (tertiary alicyclic amines) is 1. The summed E-state index contributed by atoms with van der Waals surface area (Å²) in [6.07, 6.45) is 1.39. The van der Waals surface area contributed by atoms with Crippen molar-refractivity contribution in [2.45, 2.75) is 38.2 Å². The number of halogens is 2. The normalized spacial score (nSPS) is 25.5. The van der Waals surface area contributed by atoms with Crippen LogP contribution in [0.3, 0.4) is 0 Å². The van der Waals surface area contributed by atoms with Crippen LogP contribution in [0.1, 0.15) is 25.7 Å². The summed E-state index contributed by atoms with van der Waals surface area (Å²) in [7, 11) is 0. The van der Waals surface area contributed by atoms with Gasteiger partial charge in [-0.1, -0.05) is 12.8 Å². The molecule has 0 N–H and O–H groups in total. The highest BCUT2D eigenvalue weighted by Crippen LogP contribution is 2.17. The van der Waals surface area contributed by atoms with Crippen molar-refractivity contribution in [2.24, 2.45) is 0 Å². The van der Waals surface area contributed by atoms with Crippen molar-refractivity contribution in [3.8, 4) is 6.07 Å². The molecule has 0 radical (unpaired) electrons. The maximum absolute atomic E-state index is 12.1. The van der Waals surface area contributed by atoms with Crippen molar-refractivity contribution in [3.05, 3.63) is 0 Å². The van der Waals surface area contributed by atoms with Gasteiger partial charge >= 0.3 is 0 Å². The van der Waals surface area contributed by atoms with Gasteiger partial charge < -0.3 is 0 Å². The van der Waals surface area contributed by atoms with Crippen molar-refractivity contribution in [3.63, 3.8) is 0 Å². The first-order valence-electron chi connectivity index (χ1n) is 4.66. The average molecular weight is 188 g/mol. The summed E-state index contributed by atoms with van der Waals surface area (Å²) < 4.78 is 24.2. The van der Waals surface area contributed by atoms with Gasteiger partial charge in [0.2, 0.25) is 0 Å². The van der Waals surface area contributed by atoms with Gasteiger partial charge in [0.25, 0.3) is 6.43 Å². The molecule has 2 nitrogen and oxygen atoms in total. The third-order valence-electron chi connectivity index (χ3n) is 2.39. The molecular formula is C9H14F2N2. The van der Waals surface area contributed by atoms with Crippen LogP contribution in [-0.2, 0) is 0 Å². The molecular weight excluding hydrogens is 174 g/mol. The van der Waals surface area contributed by atoms with Crippen LogP contribution in [0, 0.1) is 11.3 Å². The zero-order valence-electron chi connectivity index (χ0n) is 7.55. The Bertz CT molecular complexity index is 189. The summed E-state index contributed by atoms with van der Waals surface area (Å²) in [5, 5.41) is 8.76. The van der Waals surface area contributed by atoms with Crippen LogP contribution < -0.4 is 0 Å². The lowest BCUT2D eigenvalue weighted by atomic mass is 10.1. The van der Waals surface area contributed by atoms with Gasteiger partial charge in [-0.25, -0.2) is 8.78 Å². The summed E-state index contributed by atoms with van der Waals surface area (Å²) in [5.41, 5.74) is 0. The molecule has 0 spiro atoms. The van der Waals surface area contributed by atoms with E-state index in [9.17, 15) is 8.78 Å². The molecule has 1 unspecified atom stereocenters. The molecule has 0 aromatic carbocycles. The average Bonchev–Trinajstić information content (AvgIpc) is 2.28. The maximum Gasteiger partial charge on any atom is 0.251 e. The van der Waals surface area contributed by atoms with E-state index in [0.717, 1.165) is 25.7 Å². The molecule has 0 saturated carbocycles. The van der Waals surface area contributed by atoms with Crippen LogP contribution in [-0.4, -0.2) is 30.5 Å². The molecule has 1 aliphatic rings. The summed E-state index contributed by atoms with van der Waals surface area (Å²) in [4.78, 5) is 1.61. The standard InChI is InChI=1S/C9H14F2N2/c10-9(11)7-13-5-3-1-2-4-8(13)6-12/h8-9H,1-5,7H2. The van der Waals surface area contributed by atoms with Crippen LogP contribution in [0.5, 0.6) is 0 Å². The quantitative estimate of drug-likeness (QED) is 0.663. The summed E-state index contributed by atoms with van der Waals surface area (Å²) >= 11 is 0. The van der Waals surface area contributed by atoms with Crippen molar-refractivity contribution in [1.82, 2.24) is 4.90 Å². The fourth-order valence-corrected chi connectivity index (χ4v) is 1.71. The maximum atomic E-state index is 12.1. The van der Waals surface area contributed by atoms with E-state index in [1.807, 2.05) is 0 Å². The Balaban J connectivity index is 2.50. The molecule has 13 heavy (non-hydrogen) atoms. The topological polar surface area (TPSA) is 27.0 Å². The number of nitriles is 1. The van der Waals surface area contributed by atoms with Crippen molar-refractivity contribution in [1.29, 1.82) is 5.26 Å². The van der Waals surface area contributed by atoms with E-state index in [1.165, 1.54) is 0 Å². The zero-order chi connectivity index (χ0) is 9.68. The highest BCUT2D eigenvalue weighted by Gasteiger charge is 2.22. The molecule has 4 heteroatoms. The predicted molar refractivity (Wildman–Crippen MR) is 45.4 cm³/mol. The number of hydrogen-bond acceptors (Lipinski definition) is 2. The monoisotopic (exact) mass is 188 g/mol. The van der Waals surface area contributed by atoms with Gasteiger partial charge in [0, 0.05) is 0 Å². The Hall–Kier alpha value is -0.690. The van der Waals surface area contributed by atoms with Crippen LogP contribution >= 0.6 is 0 Å². The van der Waals surface area contributed by atoms with Gasteiger partial charge in [-0.3, -0.25) is 4.90 Å². The first kappa shape index (κ1) is 10.4. The van der Waals surface area contributed by atoms with E-state index in [2.05, 4.69) is 6.07 Å². The first-order valence-corrected chi connectivity index (χ1v) is 4.66. The fourth-order valence-electron chi connectivity index (χ4n) is 1.71. The molecule has 0 aromatic rings. The Morgan fingerprint density at radius 2 is 2.15 bits per heavy atom. The van der Waals surface area contributed by atoms with Gasteiger partial charge in [-0.05, 0) is 19.4 Å². The number of alkyl halides is 2. The minimum Gasteiger partial charge on any atom is -0.282 e. The second-order valence-corrected chi connectivity index (χ2v) is 3.38. The first-order chi connectivity index (χ1) is 6.24. The number of hydrogen-bond donors (Lipinski definition) is 0. The van der Waals surface area contributed by atoms with Crippen molar-refractivity contribution in [2.75, 3.05) is 13.1 Å². The van der Waals surface area contributed by atoms with Gasteiger partial charge in [0.05, 0.1) is 18.7 Å². The van der Waals surface area contributed by atoms with Gasteiger partial charge in [0.1, 0.15) is 0 Å². The lowest BCUT2D eigenvalue weighted by Crippen LogP contribution is -2.37. The lowest BCUT2D eigenvalue weighted by molar-refractivity contribution is 0.0783. The molecule has 1 heterocycles. The predicted octanol–water partition coefficient (Wildman–Crippen LogP) is 2.02. The van der Waals surface area contributed by atoms with E-state index in [-0.39, 0.29) is 12.6 Å². The minimum absolute atomic E-state index is 0.252. The van der Waals surface area contributed by atoms with Crippen LogP contribution in [0.15, 0.2) is 0 Å². The van der Waals surface area contributed by atoms with E-state index < -0.39 is 6.43 Å². The van der Waals surface area contributed by atoms with Crippen molar-refractivity contribution >= 4 is 0 Å². The molecule has 1 aliphatic heterocycles. The second-order valence-electron chi connectivity index (χ2n) is 3.38. The molecule has 0 aliphatic carbocycles. The molecule has 1 saturated heterocycles. The van der Waals surface area contributed by atoms with E-state index in [4.69, 9.17) is 5.26 Å². The van der Waals surface area contributed by atoms with Gasteiger partial charge in [-0.15, -0.1) is 0 Å². The number of nitrogens with zero attached hydrogens (tertiary/aromatic N) is 2. The van der Waals surface area contributed by atoms with E-state index in [0.29, 0.717) is 6.54 Å². The van der Waals surface area contributed by atoms with Gasteiger partial charge in [-0.2, -0.15) is 5.26 Å². The van der Waals surface area contributed by atoms with Crippen LogP contribution in [0.25, 0.3) is 0 Å². The summed E-state index contributed by atoms with van der Waals surface area (Å²) in [5.74, 6) is 0. The minimum atomic E-state index is -2.33. The zero-order valence-corrected chi connectivity index (χ0v) is 7.55. The van der Waals surface area contributed by atoms with Crippen molar-refractivity contribution < 1.29 is 8.78 Å². The Labute approximate surface area is 77.1 Å². The van der Waals surface area contributed by atoms with Crippen LogP contribution in [0.2, 0.25) is 0 Å². The van der Waals surface area contributed by atoms with E-state index in [1.54, 1.807) is 4.90 Å². The largest absolute Gasteiger partial charge is 0.282 e. The lowest BCUT2D eigenvalue weighted by Gasteiger charge is -2.23. The molecule has 74 valence electrons. The fraction of sp³-hybridized carbons (Fsp3) is 0.889. The molecule has 1 rings (SSSR count). The molecule has 1 atom stereocenters. The highest BCUT2D eigenvalue weighted by molar-refractivity contribution is 4.93. The SMILES string of the molecule is N#CC1CCCCCN1CC(F)F.